The van der Waals surface area contributed by atoms with E-state index in [1.165, 1.54) is 0 Å². The molecular formula is C14H23Cl2NO4. The third-order valence-corrected chi connectivity index (χ3v) is 5.96. The van der Waals surface area contributed by atoms with Crippen LogP contribution in [0.4, 0.5) is 0 Å². The first-order valence-electron chi connectivity index (χ1n) is 7.49. The number of carbonyl (C=O) groups is 1. The predicted molar refractivity (Wildman–Crippen MR) is 80.4 cm³/mol. The van der Waals surface area contributed by atoms with Gasteiger partial charge >= 0.3 is 0 Å². The summed E-state index contributed by atoms with van der Waals surface area (Å²) in [5.41, 5.74) is 0. The van der Waals surface area contributed by atoms with E-state index in [-0.39, 0.29) is 22.6 Å². The van der Waals surface area contributed by atoms with Crippen LogP contribution in [0.1, 0.15) is 25.7 Å². The molecule has 4 unspecified atom stereocenters. The Kier molecular flexibility index (Phi) is 6.15. The molecule has 2 aliphatic rings. The Bertz CT molecular complexity index is 363. The Morgan fingerprint density at radius 3 is 2.38 bits per heavy atom. The molecule has 5 nitrogen and oxygen atoms in total. The monoisotopic (exact) mass is 339 g/mol. The van der Waals surface area contributed by atoms with Gasteiger partial charge in [-0.1, -0.05) is 0 Å². The van der Waals surface area contributed by atoms with Crippen LogP contribution in [0, 0.1) is 11.8 Å². The summed E-state index contributed by atoms with van der Waals surface area (Å²) in [7, 11) is 0. The fraction of sp³-hybridized carbons (Fsp3) is 0.929. The molecule has 0 radical (unpaired) electrons. The van der Waals surface area contributed by atoms with Crippen molar-refractivity contribution in [3.8, 4) is 0 Å². The summed E-state index contributed by atoms with van der Waals surface area (Å²) in [4.78, 5) is 13.4. The molecule has 0 aromatic carbocycles. The lowest BCUT2D eigenvalue weighted by Gasteiger charge is -2.43. The van der Waals surface area contributed by atoms with E-state index >= 15 is 0 Å². The van der Waals surface area contributed by atoms with Gasteiger partial charge in [0, 0.05) is 19.0 Å². The molecule has 1 aliphatic heterocycles. The molecule has 7 heteroatoms. The van der Waals surface area contributed by atoms with Gasteiger partial charge in [0.15, 0.2) is 6.10 Å². The SMILES string of the molecule is O=C([C@H](O)CO)N1CCC(C2C(O)CCC(Cl)C2Cl)CC1. The zero-order valence-corrected chi connectivity index (χ0v) is 13.4. The summed E-state index contributed by atoms with van der Waals surface area (Å²) in [6.45, 7) is 0.471. The van der Waals surface area contributed by atoms with Gasteiger partial charge < -0.3 is 20.2 Å². The number of hydrogen-bond donors (Lipinski definition) is 3. The highest BCUT2D eigenvalue weighted by Crippen LogP contribution is 2.40. The number of amides is 1. The van der Waals surface area contributed by atoms with Crippen molar-refractivity contribution in [2.45, 2.75) is 48.6 Å². The Hall–Kier alpha value is -0.0700. The first-order valence-corrected chi connectivity index (χ1v) is 8.37. The summed E-state index contributed by atoms with van der Waals surface area (Å²) in [5.74, 6) is -0.236. The van der Waals surface area contributed by atoms with Gasteiger partial charge in [-0.25, -0.2) is 0 Å². The summed E-state index contributed by atoms with van der Waals surface area (Å²) in [6, 6.07) is 0. The topological polar surface area (TPSA) is 81.0 Å². The van der Waals surface area contributed by atoms with E-state index in [9.17, 15) is 15.0 Å². The Balaban J connectivity index is 1.92. The van der Waals surface area contributed by atoms with Crippen molar-refractivity contribution < 1.29 is 20.1 Å². The lowest BCUT2D eigenvalue weighted by Crippen LogP contribution is -2.50. The van der Waals surface area contributed by atoms with E-state index in [2.05, 4.69) is 0 Å². The van der Waals surface area contributed by atoms with Crippen LogP contribution in [0.25, 0.3) is 0 Å². The van der Waals surface area contributed by atoms with Crippen molar-refractivity contribution >= 4 is 29.1 Å². The minimum atomic E-state index is -1.34. The average Bonchev–Trinajstić information content (AvgIpc) is 2.50. The third-order valence-electron chi connectivity index (χ3n) is 4.75. The quantitative estimate of drug-likeness (QED) is 0.656. The van der Waals surface area contributed by atoms with Crippen LogP contribution >= 0.6 is 23.2 Å². The summed E-state index contributed by atoms with van der Waals surface area (Å²) in [5, 5.41) is 28.1. The van der Waals surface area contributed by atoms with Crippen LogP contribution in [0.2, 0.25) is 0 Å². The molecule has 1 saturated heterocycles. The molecule has 5 atom stereocenters. The molecule has 0 spiro atoms. The van der Waals surface area contributed by atoms with E-state index in [0.29, 0.717) is 19.5 Å². The smallest absolute Gasteiger partial charge is 0.253 e. The second kappa shape index (κ2) is 7.47. The van der Waals surface area contributed by atoms with Crippen LogP contribution in [0.3, 0.4) is 0 Å². The zero-order chi connectivity index (χ0) is 15.6. The van der Waals surface area contributed by atoms with Gasteiger partial charge in [-0.3, -0.25) is 4.79 Å². The number of aliphatic hydroxyl groups excluding tert-OH is 3. The van der Waals surface area contributed by atoms with Crippen molar-refractivity contribution in [1.82, 2.24) is 4.90 Å². The summed E-state index contributed by atoms with van der Waals surface area (Å²) in [6.07, 6.45) is 1.10. The maximum Gasteiger partial charge on any atom is 0.253 e. The molecule has 3 N–H and O–H groups in total. The van der Waals surface area contributed by atoms with E-state index in [4.69, 9.17) is 28.3 Å². The van der Waals surface area contributed by atoms with Gasteiger partial charge in [-0.05, 0) is 31.6 Å². The lowest BCUT2D eigenvalue weighted by atomic mass is 9.73. The number of halogens is 2. The number of hydrogen-bond acceptors (Lipinski definition) is 4. The normalized spacial score (nSPS) is 36.5. The van der Waals surface area contributed by atoms with Crippen LogP contribution in [-0.4, -0.2) is 68.8 Å². The summed E-state index contributed by atoms with van der Waals surface area (Å²) >= 11 is 12.6. The maximum atomic E-state index is 11.8. The zero-order valence-electron chi connectivity index (χ0n) is 11.9. The highest BCUT2D eigenvalue weighted by Gasteiger charge is 2.42. The second-order valence-corrected chi connectivity index (χ2v) is 7.11. The van der Waals surface area contributed by atoms with E-state index < -0.39 is 24.7 Å². The molecule has 2 fully saturated rings. The molecule has 21 heavy (non-hydrogen) atoms. The number of alkyl halides is 2. The molecule has 1 heterocycles. The minimum absolute atomic E-state index is 0.0390. The number of likely N-dealkylation sites (tertiary alicyclic amines) is 1. The molecule has 2 rings (SSSR count). The molecule has 0 aromatic rings. The van der Waals surface area contributed by atoms with Gasteiger partial charge in [-0.15, -0.1) is 23.2 Å². The Morgan fingerprint density at radius 1 is 1.19 bits per heavy atom. The minimum Gasteiger partial charge on any atom is -0.393 e. The van der Waals surface area contributed by atoms with Crippen LogP contribution in [-0.2, 0) is 4.79 Å². The van der Waals surface area contributed by atoms with Crippen LogP contribution < -0.4 is 0 Å². The molecule has 1 saturated carbocycles. The highest BCUT2D eigenvalue weighted by atomic mass is 35.5. The lowest BCUT2D eigenvalue weighted by molar-refractivity contribution is -0.144. The number of rotatable bonds is 3. The number of piperidine rings is 1. The van der Waals surface area contributed by atoms with E-state index in [1.54, 1.807) is 4.90 Å². The Morgan fingerprint density at radius 2 is 1.81 bits per heavy atom. The van der Waals surface area contributed by atoms with Gasteiger partial charge in [0.2, 0.25) is 0 Å². The van der Waals surface area contributed by atoms with Crippen molar-refractivity contribution in [1.29, 1.82) is 0 Å². The maximum absolute atomic E-state index is 11.8. The molecule has 1 aliphatic carbocycles. The van der Waals surface area contributed by atoms with E-state index in [1.807, 2.05) is 0 Å². The second-order valence-electron chi connectivity index (χ2n) is 6.04. The largest absolute Gasteiger partial charge is 0.393 e. The Labute approximate surface area is 134 Å². The van der Waals surface area contributed by atoms with Gasteiger partial charge in [-0.2, -0.15) is 0 Å². The van der Waals surface area contributed by atoms with Crippen molar-refractivity contribution in [2.24, 2.45) is 11.8 Å². The molecule has 122 valence electrons. The average molecular weight is 340 g/mol. The van der Waals surface area contributed by atoms with Gasteiger partial charge in [0.1, 0.15) is 0 Å². The molecule has 0 aromatic heterocycles. The standard InChI is InChI=1S/C14H23Cl2NO4/c15-9-1-2-10(19)12(13(9)16)8-3-5-17(6-4-8)14(21)11(20)7-18/h8-13,18-20H,1-7H2/t9?,10?,11-,12?,13?/m1/s1. The number of aliphatic hydroxyl groups is 3. The molecular weight excluding hydrogens is 317 g/mol. The highest BCUT2D eigenvalue weighted by molar-refractivity contribution is 6.30. The molecule has 0 bridgehead atoms. The van der Waals surface area contributed by atoms with Crippen molar-refractivity contribution in [2.75, 3.05) is 19.7 Å². The first-order chi connectivity index (χ1) is 9.95. The number of carbonyl (C=O) groups excluding carboxylic acids is 1. The first kappa shape index (κ1) is 17.3. The van der Waals surface area contributed by atoms with Gasteiger partial charge in [0.05, 0.1) is 23.5 Å². The predicted octanol–water partition coefficient (Wildman–Crippen LogP) is 0.564. The fourth-order valence-electron chi connectivity index (χ4n) is 3.50. The molecule has 1 amide bonds. The van der Waals surface area contributed by atoms with Gasteiger partial charge in [0.25, 0.3) is 5.91 Å². The van der Waals surface area contributed by atoms with Crippen molar-refractivity contribution in [3.63, 3.8) is 0 Å². The fourth-order valence-corrected chi connectivity index (χ4v) is 4.30. The van der Waals surface area contributed by atoms with Crippen LogP contribution in [0.5, 0.6) is 0 Å². The third kappa shape index (κ3) is 3.82. The summed E-state index contributed by atoms with van der Waals surface area (Å²) < 4.78 is 0. The van der Waals surface area contributed by atoms with E-state index in [0.717, 1.165) is 19.3 Å². The van der Waals surface area contributed by atoms with Crippen molar-refractivity contribution in [3.05, 3.63) is 0 Å². The van der Waals surface area contributed by atoms with Crippen LogP contribution in [0.15, 0.2) is 0 Å². The number of nitrogens with zero attached hydrogens (tertiary/aromatic N) is 1.